The highest BCUT2D eigenvalue weighted by atomic mass is 79.9. The number of rotatable bonds is 2. The Hall–Kier alpha value is -1.34. The van der Waals surface area contributed by atoms with Crippen LogP contribution < -0.4 is 0 Å². The predicted octanol–water partition coefficient (Wildman–Crippen LogP) is 5.01. The summed E-state index contributed by atoms with van der Waals surface area (Å²) in [7, 11) is 0. The van der Waals surface area contributed by atoms with E-state index < -0.39 is 0 Å². The Balaban J connectivity index is 2.36. The lowest BCUT2D eigenvalue weighted by atomic mass is 10.0. The molecule has 0 aliphatic carbocycles. The highest BCUT2D eigenvalue weighted by molar-refractivity contribution is 9.10. The van der Waals surface area contributed by atoms with Gasteiger partial charge in [-0.2, -0.15) is 0 Å². The molecule has 80 valence electrons. The highest BCUT2D eigenvalue weighted by Gasteiger charge is 1.97. The molecule has 0 aromatic heterocycles. The lowest BCUT2D eigenvalue weighted by molar-refractivity contribution is 1.56. The van der Waals surface area contributed by atoms with Gasteiger partial charge in [0.05, 0.1) is 0 Å². The molecule has 0 heterocycles. The molecule has 0 aliphatic rings. The van der Waals surface area contributed by atoms with Gasteiger partial charge in [-0.3, -0.25) is 0 Å². The van der Waals surface area contributed by atoms with Crippen molar-refractivity contribution in [3.05, 3.63) is 70.2 Å². The third kappa shape index (κ3) is 2.61. The Kier molecular flexibility index (Phi) is 3.58. The first-order valence-corrected chi connectivity index (χ1v) is 6.05. The van der Waals surface area contributed by atoms with Crippen molar-refractivity contribution in [2.75, 3.05) is 0 Å². The van der Waals surface area contributed by atoms with Gasteiger partial charge in [0.2, 0.25) is 0 Å². The van der Waals surface area contributed by atoms with Gasteiger partial charge in [0.15, 0.2) is 0 Å². The van der Waals surface area contributed by atoms with Crippen LogP contribution in [-0.2, 0) is 0 Å². The van der Waals surface area contributed by atoms with Crippen molar-refractivity contribution in [2.24, 2.45) is 0 Å². The summed E-state index contributed by atoms with van der Waals surface area (Å²) in [6.45, 7) is 2.13. The van der Waals surface area contributed by atoms with Gasteiger partial charge in [-0.25, -0.2) is 0 Å². The van der Waals surface area contributed by atoms with Gasteiger partial charge in [0, 0.05) is 4.47 Å². The van der Waals surface area contributed by atoms with Crippen LogP contribution in [0, 0.1) is 0 Å². The summed E-state index contributed by atoms with van der Waals surface area (Å²) >= 11 is 3.55. The normalized spacial score (nSPS) is 11.5. The van der Waals surface area contributed by atoms with E-state index in [1.807, 2.05) is 12.1 Å². The molecule has 0 aliphatic heterocycles. The van der Waals surface area contributed by atoms with Crippen LogP contribution in [0.4, 0.5) is 0 Å². The maximum absolute atomic E-state index is 3.55. The van der Waals surface area contributed by atoms with Gasteiger partial charge in [0.25, 0.3) is 0 Å². The molecule has 16 heavy (non-hydrogen) atoms. The molecule has 0 N–H and O–H groups in total. The van der Waals surface area contributed by atoms with Gasteiger partial charge in [-0.1, -0.05) is 70.5 Å². The lowest BCUT2D eigenvalue weighted by Gasteiger charge is -2.03. The fourth-order valence-electron chi connectivity index (χ4n) is 1.61. The third-order valence-electron chi connectivity index (χ3n) is 2.51. The van der Waals surface area contributed by atoms with E-state index in [2.05, 4.69) is 71.4 Å². The molecule has 2 rings (SSSR count). The molecule has 2 aromatic rings. The van der Waals surface area contributed by atoms with Crippen LogP contribution in [0.15, 0.2) is 59.1 Å². The number of allylic oxidation sites excluding steroid dienone is 1. The van der Waals surface area contributed by atoms with Crippen LogP contribution in [-0.4, -0.2) is 0 Å². The van der Waals surface area contributed by atoms with E-state index in [4.69, 9.17) is 0 Å². The Morgan fingerprint density at radius 2 is 1.56 bits per heavy atom. The van der Waals surface area contributed by atoms with Crippen molar-refractivity contribution in [2.45, 2.75) is 6.92 Å². The second-order valence-corrected chi connectivity index (χ2v) is 4.57. The second kappa shape index (κ2) is 5.13. The number of benzene rings is 2. The van der Waals surface area contributed by atoms with Crippen LogP contribution >= 0.6 is 15.9 Å². The van der Waals surface area contributed by atoms with Crippen LogP contribution in [0.1, 0.15) is 18.1 Å². The zero-order chi connectivity index (χ0) is 11.4. The second-order valence-electron chi connectivity index (χ2n) is 3.71. The summed E-state index contributed by atoms with van der Waals surface area (Å²) in [6, 6.07) is 18.7. The topological polar surface area (TPSA) is 0 Å². The van der Waals surface area contributed by atoms with E-state index in [9.17, 15) is 0 Å². The average Bonchev–Trinajstić information content (AvgIpc) is 2.33. The monoisotopic (exact) mass is 272 g/mol. The van der Waals surface area contributed by atoms with Gasteiger partial charge < -0.3 is 0 Å². The SMILES string of the molecule is C/C(=C/c1ccccc1Br)c1ccccc1. The third-order valence-corrected chi connectivity index (χ3v) is 3.23. The van der Waals surface area contributed by atoms with Gasteiger partial charge in [-0.15, -0.1) is 0 Å². The molecule has 0 saturated carbocycles. The zero-order valence-electron chi connectivity index (χ0n) is 9.15. The first-order valence-electron chi connectivity index (χ1n) is 5.25. The van der Waals surface area contributed by atoms with Crippen LogP contribution in [0.5, 0.6) is 0 Å². The van der Waals surface area contributed by atoms with E-state index in [1.54, 1.807) is 0 Å². The standard InChI is InChI=1S/C15H13Br/c1-12(13-7-3-2-4-8-13)11-14-9-5-6-10-15(14)16/h2-11H,1H3/b12-11-. The van der Waals surface area contributed by atoms with E-state index in [0.29, 0.717) is 0 Å². The smallest absolute Gasteiger partial charge is 0.0247 e. The highest BCUT2D eigenvalue weighted by Crippen LogP contribution is 2.22. The Labute approximate surface area is 105 Å². The summed E-state index contributed by atoms with van der Waals surface area (Å²) in [5.74, 6) is 0. The van der Waals surface area contributed by atoms with E-state index in [0.717, 1.165) is 4.47 Å². The van der Waals surface area contributed by atoms with Crippen LogP contribution in [0.25, 0.3) is 11.6 Å². The molecule has 0 amide bonds. The summed E-state index contributed by atoms with van der Waals surface area (Å²) in [6.07, 6.45) is 2.19. The van der Waals surface area contributed by atoms with Crippen molar-refractivity contribution in [1.29, 1.82) is 0 Å². The maximum atomic E-state index is 3.55. The Morgan fingerprint density at radius 3 is 2.25 bits per heavy atom. The van der Waals surface area contributed by atoms with E-state index in [1.165, 1.54) is 16.7 Å². The zero-order valence-corrected chi connectivity index (χ0v) is 10.7. The molecule has 0 saturated heterocycles. The minimum atomic E-state index is 1.13. The van der Waals surface area contributed by atoms with E-state index >= 15 is 0 Å². The summed E-state index contributed by atoms with van der Waals surface area (Å²) in [5, 5.41) is 0. The molecule has 1 heteroatoms. The van der Waals surface area contributed by atoms with Crippen molar-refractivity contribution in [3.8, 4) is 0 Å². The molecular weight excluding hydrogens is 260 g/mol. The van der Waals surface area contributed by atoms with Crippen molar-refractivity contribution < 1.29 is 0 Å². The number of hydrogen-bond acceptors (Lipinski definition) is 0. The maximum Gasteiger partial charge on any atom is 0.0247 e. The first kappa shape index (κ1) is 11.2. The minimum Gasteiger partial charge on any atom is -0.0622 e. The fraction of sp³-hybridized carbons (Fsp3) is 0.0667. The minimum absolute atomic E-state index is 1.13. The quantitative estimate of drug-likeness (QED) is 0.675. The molecule has 0 fully saturated rings. The molecule has 0 unspecified atom stereocenters. The summed E-state index contributed by atoms with van der Waals surface area (Å²) in [4.78, 5) is 0. The molecule has 0 radical (unpaired) electrons. The van der Waals surface area contributed by atoms with Gasteiger partial charge >= 0.3 is 0 Å². The van der Waals surface area contributed by atoms with Crippen LogP contribution in [0.2, 0.25) is 0 Å². The molecule has 0 bridgehead atoms. The fourth-order valence-corrected chi connectivity index (χ4v) is 2.01. The number of halogens is 1. The van der Waals surface area contributed by atoms with Gasteiger partial charge in [0.1, 0.15) is 0 Å². The van der Waals surface area contributed by atoms with Gasteiger partial charge in [-0.05, 0) is 29.7 Å². The molecule has 0 nitrogen and oxygen atoms in total. The largest absolute Gasteiger partial charge is 0.0622 e. The molecule has 2 aromatic carbocycles. The molecule has 0 atom stereocenters. The summed E-state index contributed by atoms with van der Waals surface area (Å²) in [5.41, 5.74) is 3.75. The molecular formula is C15H13Br. The van der Waals surface area contributed by atoms with Crippen molar-refractivity contribution >= 4 is 27.6 Å². The Morgan fingerprint density at radius 1 is 0.938 bits per heavy atom. The lowest BCUT2D eigenvalue weighted by Crippen LogP contribution is -1.80. The Bertz CT molecular complexity index is 498. The van der Waals surface area contributed by atoms with E-state index in [-0.39, 0.29) is 0 Å². The number of hydrogen-bond donors (Lipinski definition) is 0. The molecule has 0 spiro atoms. The predicted molar refractivity (Wildman–Crippen MR) is 74.1 cm³/mol. The first-order chi connectivity index (χ1) is 7.77. The summed E-state index contributed by atoms with van der Waals surface area (Å²) < 4.78 is 1.13. The average molecular weight is 273 g/mol. The van der Waals surface area contributed by atoms with Crippen LogP contribution in [0.3, 0.4) is 0 Å². The van der Waals surface area contributed by atoms with Crippen molar-refractivity contribution in [1.82, 2.24) is 0 Å². The van der Waals surface area contributed by atoms with Crippen molar-refractivity contribution in [3.63, 3.8) is 0 Å².